The van der Waals surface area contributed by atoms with Crippen molar-refractivity contribution in [1.82, 2.24) is 10.3 Å². The minimum atomic E-state index is -1.92. The van der Waals surface area contributed by atoms with Gasteiger partial charge in [-0.2, -0.15) is 8.78 Å². The van der Waals surface area contributed by atoms with Crippen LogP contribution in [0.5, 0.6) is 5.75 Å². The Hall–Kier alpha value is -3.70. The minimum absolute atomic E-state index is 0.285. The Morgan fingerprint density at radius 1 is 1.06 bits per heavy atom. The van der Waals surface area contributed by atoms with Gasteiger partial charge in [-0.25, -0.2) is 13.8 Å². The van der Waals surface area contributed by atoms with Gasteiger partial charge in [0.15, 0.2) is 28.1 Å². The molecular weight excluding hydrogens is 510 g/mol. The third-order valence-corrected chi connectivity index (χ3v) is 5.40. The van der Waals surface area contributed by atoms with Gasteiger partial charge in [-0.3, -0.25) is 10.1 Å². The van der Waals surface area contributed by atoms with Gasteiger partial charge in [0.05, 0.1) is 17.7 Å². The highest BCUT2D eigenvalue weighted by Gasteiger charge is 2.30. The normalized spacial score (nSPS) is 10.9. The first kappa shape index (κ1) is 24.4. The molecule has 4 rings (SSSR count). The Labute approximate surface area is 205 Å². The first-order valence-corrected chi connectivity index (χ1v) is 10.6. The second kappa shape index (κ2) is 9.51. The summed E-state index contributed by atoms with van der Waals surface area (Å²) in [6.45, 7) is 1.89. The molecule has 0 aliphatic heterocycles. The van der Waals surface area contributed by atoms with Gasteiger partial charge in [-0.15, -0.1) is 0 Å². The van der Waals surface area contributed by atoms with Gasteiger partial charge in [0, 0.05) is 5.69 Å². The number of benzene rings is 3. The van der Waals surface area contributed by atoms with Crippen LogP contribution in [-0.4, -0.2) is 23.1 Å². The molecule has 0 unspecified atom stereocenters. The van der Waals surface area contributed by atoms with Gasteiger partial charge in [0.25, 0.3) is 5.91 Å². The summed E-state index contributed by atoms with van der Waals surface area (Å²) in [5.41, 5.74) is 1.27. The van der Waals surface area contributed by atoms with Gasteiger partial charge in [0.1, 0.15) is 11.1 Å². The molecule has 0 spiro atoms. The third-order valence-electron chi connectivity index (χ3n) is 4.88. The highest BCUT2D eigenvalue weighted by atomic mass is 35.5. The Bertz CT molecular complexity index is 1480. The van der Waals surface area contributed by atoms with Crippen LogP contribution in [0.15, 0.2) is 40.8 Å². The van der Waals surface area contributed by atoms with Gasteiger partial charge in [-0.05, 0) is 55.0 Å². The molecule has 3 aromatic carbocycles. The maximum atomic E-state index is 14.2. The number of hydrogen-bond acceptors (Lipinski definition) is 5. The number of nitrogens with zero attached hydrogens (tertiary/aromatic N) is 1. The SMILES string of the molecule is COc1c(F)c(F)c(C(=O)NC(=S)Nc2ccc3oc(-c4ccc(C)cc4Cl)nc3c2)c(F)c1F. The van der Waals surface area contributed by atoms with E-state index in [1.54, 1.807) is 24.3 Å². The number of ether oxygens (including phenoxy) is 1. The van der Waals surface area contributed by atoms with Crippen molar-refractivity contribution in [1.29, 1.82) is 0 Å². The number of oxazole rings is 1. The fourth-order valence-corrected chi connectivity index (χ4v) is 3.76. The number of thiocarbonyl (C=S) groups is 1. The molecule has 1 amide bonds. The minimum Gasteiger partial charge on any atom is -0.491 e. The van der Waals surface area contributed by atoms with Gasteiger partial charge in [-0.1, -0.05) is 17.7 Å². The van der Waals surface area contributed by atoms with Crippen LogP contribution in [0.25, 0.3) is 22.6 Å². The van der Waals surface area contributed by atoms with E-state index in [9.17, 15) is 22.4 Å². The summed E-state index contributed by atoms with van der Waals surface area (Å²) in [6, 6.07) is 10.1. The molecule has 0 fully saturated rings. The molecule has 0 aliphatic rings. The Morgan fingerprint density at radius 3 is 2.37 bits per heavy atom. The molecule has 1 aromatic heterocycles. The summed E-state index contributed by atoms with van der Waals surface area (Å²) in [5, 5.41) is 4.67. The number of carbonyl (C=O) groups excluding carboxylic acids is 1. The van der Waals surface area contributed by atoms with Crippen LogP contribution < -0.4 is 15.4 Å². The molecule has 0 atom stereocenters. The van der Waals surface area contributed by atoms with Crippen molar-refractivity contribution in [2.24, 2.45) is 0 Å². The van der Waals surface area contributed by atoms with Crippen molar-refractivity contribution >= 4 is 51.6 Å². The standard InChI is InChI=1S/C23H14ClF4N3O3S/c1-9-3-5-11(12(24)7-9)22-30-13-8-10(4-6-14(13)34-22)29-23(35)31-21(32)15-16(25)18(27)20(33-2)19(28)17(15)26/h3-8H,1-2H3,(H2,29,31,32,35). The van der Waals surface area contributed by atoms with Crippen LogP contribution in [-0.2, 0) is 0 Å². The van der Waals surface area contributed by atoms with E-state index in [2.05, 4.69) is 15.0 Å². The molecule has 180 valence electrons. The quantitative estimate of drug-likeness (QED) is 0.190. The molecule has 2 N–H and O–H groups in total. The molecule has 12 heteroatoms. The van der Waals surface area contributed by atoms with E-state index in [1.165, 1.54) is 6.07 Å². The predicted octanol–water partition coefficient (Wildman–Crippen LogP) is 6.15. The molecule has 1 heterocycles. The maximum Gasteiger partial charge on any atom is 0.263 e. The largest absolute Gasteiger partial charge is 0.491 e. The number of fused-ring (bicyclic) bond motifs is 1. The van der Waals surface area contributed by atoms with Crippen LogP contribution in [0.4, 0.5) is 23.2 Å². The first-order valence-electron chi connectivity index (χ1n) is 9.80. The summed E-state index contributed by atoms with van der Waals surface area (Å²) in [5.74, 6) is -10.1. The Kier molecular flexibility index (Phi) is 6.64. The average molecular weight is 524 g/mol. The number of anilines is 1. The molecule has 0 bridgehead atoms. The van der Waals surface area contributed by atoms with E-state index in [1.807, 2.05) is 18.3 Å². The van der Waals surface area contributed by atoms with Crippen molar-refractivity contribution in [2.45, 2.75) is 6.92 Å². The number of methoxy groups -OCH3 is 1. The predicted molar refractivity (Wildman–Crippen MR) is 126 cm³/mol. The lowest BCUT2D eigenvalue weighted by Gasteiger charge is -2.12. The van der Waals surface area contributed by atoms with E-state index in [-0.39, 0.29) is 5.89 Å². The van der Waals surface area contributed by atoms with E-state index in [0.29, 0.717) is 27.4 Å². The van der Waals surface area contributed by atoms with Crippen LogP contribution in [0.1, 0.15) is 15.9 Å². The van der Waals surface area contributed by atoms with Crippen molar-refractivity contribution in [3.05, 3.63) is 75.8 Å². The summed E-state index contributed by atoms with van der Waals surface area (Å²) in [7, 11) is 0.823. The number of hydrogen-bond donors (Lipinski definition) is 2. The van der Waals surface area contributed by atoms with Crippen LogP contribution in [0, 0.1) is 30.2 Å². The summed E-state index contributed by atoms with van der Waals surface area (Å²) >= 11 is 11.3. The monoisotopic (exact) mass is 523 g/mol. The Balaban J connectivity index is 1.54. The fourth-order valence-electron chi connectivity index (χ4n) is 3.23. The molecule has 0 saturated carbocycles. The lowest BCUT2D eigenvalue weighted by atomic mass is 10.1. The van der Waals surface area contributed by atoms with E-state index in [4.69, 9.17) is 28.2 Å². The molecule has 0 radical (unpaired) electrons. The number of amides is 1. The van der Waals surface area contributed by atoms with Crippen molar-refractivity contribution in [3.63, 3.8) is 0 Å². The molecule has 4 aromatic rings. The maximum absolute atomic E-state index is 14.2. The van der Waals surface area contributed by atoms with Crippen LogP contribution >= 0.6 is 23.8 Å². The van der Waals surface area contributed by atoms with Crippen LogP contribution in [0.3, 0.4) is 0 Å². The number of carbonyl (C=O) groups is 1. The molecule has 0 aliphatic carbocycles. The van der Waals surface area contributed by atoms with Gasteiger partial charge >= 0.3 is 0 Å². The summed E-state index contributed by atoms with van der Waals surface area (Å²) in [4.78, 5) is 16.7. The average Bonchev–Trinajstić information content (AvgIpc) is 3.21. The zero-order chi connectivity index (χ0) is 25.4. The summed E-state index contributed by atoms with van der Waals surface area (Å²) in [6.07, 6.45) is 0. The number of nitrogens with one attached hydrogen (secondary N) is 2. The topological polar surface area (TPSA) is 76.4 Å². The van der Waals surface area contributed by atoms with Crippen molar-refractivity contribution in [2.75, 3.05) is 12.4 Å². The number of aromatic nitrogens is 1. The number of halogens is 5. The van der Waals surface area contributed by atoms with E-state index < -0.39 is 45.6 Å². The third kappa shape index (κ3) is 4.64. The fraction of sp³-hybridized carbons (Fsp3) is 0.0870. The first-order chi connectivity index (χ1) is 16.6. The zero-order valence-corrected chi connectivity index (χ0v) is 19.5. The zero-order valence-electron chi connectivity index (χ0n) is 17.9. The van der Waals surface area contributed by atoms with Crippen molar-refractivity contribution < 1.29 is 31.5 Å². The second-order valence-electron chi connectivity index (χ2n) is 7.26. The molecule has 0 saturated heterocycles. The van der Waals surface area contributed by atoms with Gasteiger partial charge in [0.2, 0.25) is 17.5 Å². The smallest absolute Gasteiger partial charge is 0.263 e. The highest BCUT2D eigenvalue weighted by molar-refractivity contribution is 7.80. The molecular formula is C23H14ClF4N3O3S. The highest BCUT2D eigenvalue weighted by Crippen LogP contribution is 2.32. The lowest BCUT2D eigenvalue weighted by Crippen LogP contribution is -2.35. The number of rotatable bonds is 4. The van der Waals surface area contributed by atoms with E-state index >= 15 is 0 Å². The van der Waals surface area contributed by atoms with Crippen LogP contribution in [0.2, 0.25) is 5.02 Å². The van der Waals surface area contributed by atoms with Crippen molar-refractivity contribution in [3.8, 4) is 17.2 Å². The number of aryl methyl sites for hydroxylation is 1. The summed E-state index contributed by atoms with van der Waals surface area (Å²) < 4.78 is 66.2. The molecule has 6 nitrogen and oxygen atoms in total. The lowest BCUT2D eigenvalue weighted by molar-refractivity contribution is 0.0966. The second-order valence-corrected chi connectivity index (χ2v) is 8.07. The Morgan fingerprint density at radius 2 is 1.74 bits per heavy atom. The van der Waals surface area contributed by atoms with E-state index in [0.717, 1.165) is 12.7 Å². The van der Waals surface area contributed by atoms with Gasteiger partial charge < -0.3 is 14.5 Å². The molecule has 35 heavy (non-hydrogen) atoms.